The van der Waals surface area contributed by atoms with Crippen LogP contribution in [-0.2, 0) is 6.54 Å². The molecule has 0 spiro atoms. The Kier molecular flexibility index (Phi) is 6.89. The van der Waals surface area contributed by atoms with Gasteiger partial charge in [0.15, 0.2) is 0 Å². The normalized spacial score (nSPS) is 21.6. The highest BCUT2D eigenvalue weighted by Crippen LogP contribution is 2.35. The highest BCUT2D eigenvalue weighted by molar-refractivity contribution is 5.26. The second-order valence-corrected chi connectivity index (χ2v) is 7.27. The minimum Gasteiger partial charge on any atom is -0.508 e. The first kappa shape index (κ1) is 19.9. The molecule has 2 atom stereocenters. The summed E-state index contributed by atoms with van der Waals surface area (Å²) in [4.78, 5) is 2.62. The Hall–Kier alpha value is -1.88. The smallest absolute Gasteiger partial charge is 0.115 e. The minimum atomic E-state index is 0.333. The quantitative estimate of drug-likeness (QED) is 0.791. The molecule has 0 radical (unpaired) electrons. The zero-order valence-electron chi connectivity index (χ0n) is 16.9. The molecule has 1 aliphatic rings. The fourth-order valence-corrected chi connectivity index (χ4v) is 4.40. The van der Waals surface area contributed by atoms with E-state index in [9.17, 15) is 5.11 Å². The van der Waals surface area contributed by atoms with Gasteiger partial charge in [-0.2, -0.15) is 0 Å². The van der Waals surface area contributed by atoms with Crippen LogP contribution in [-0.4, -0.2) is 52.2 Å². The van der Waals surface area contributed by atoms with Crippen LogP contribution < -0.4 is 0 Å². The molecule has 2 aromatic carbocycles. The van der Waals surface area contributed by atoms with Crippen LogP contribution in [0.15, 0.2) is 54.6 Å². The van der Waals surface area contributed by atoms with E-state index in [2.05, 4.69) is 66.0 Å². The van der Waals surface area contributed by atoms with Gasteiger partial charge in [-0.3, -0.25) is 4.90 Å². The first-order chi connectivity index (χ1) is 13.2. The predicted octanol–water partition coefficient (Wildman–Crippen LogP) is 4.29. The summed E-state index contributed by atoms with van der Waals surface area (Å²) in [5, 5.41) is 14.7. The predicted molar refractivity (Wildman–Crippen MR) is 111 cm³/mol. The molecule has 0 aliphatic carbocycles. The van der Waals surface area contributed by atoms with Crippen molar-refractivity contribution in [2.24, 2.45) is 0 Å². The van der Waals surface area contributed by atoms with E-state index in [4.69, 9.17) is 0 Å². The summed E-state index contributed by atoms with van der Waals surface area (Å²) < 4.78 is 0. The van der Waals surface area contributed by atoms with E-state index in [1.165, 1.54) is 11.1 Å². The van der Waals surface area contributed by atoms with Crippen LogP contribution in [0.25, 0.3) is 0 Å². The van der Waals surface area contributed by atoms with Crippen molar-refractivity contribution in [2.45, 2.75) is 45.8 Å². The van der Waals surface area contributed by atoms with Crippen molar-refractivity contribution in [1.29, 1.82) is 0 Å². The first-order valence-corrected chi connectivity index (χ1v) is 10.3. The highest BCUT2D eigenvalue weighted by Gasteiger charge is 2.38. The number of phenolic OH excluding ortho intramolecular Hbond substituents is 1. The van der Waals surface area contributed by atoms with Crippen molar-refractivity contribution in [3.63, 3.8) is 0 Å². The van der Waals surface area contributed by atoms with E-state index in [0.29, 0.717) is 17.8 Å². The van der Waals surface area contributed by atoms with E-state index < -0.39 is 0 Å². The SMILES string of the molecule is CCC1C(c2ccccc2)N(N(CC)CC)CCN1Cc1ccc(O)cc1. The Balaban J connectivity index is 1.89. The molecule has 4 heteroatoms. The lowest BCUT2D eigenvalue weighted by Crippen LogP contribution is -2.59. The van der Waals surface area contributed by atoms with Crippen molar-refractivity contribution in [2.75, 3.05) is 26.2 Å². The van der Waals surface area contributed by atoms with Gasteiger partial charge in [0, 0.05) is 38.8 Å². The number of nitrogens with zero attached hydrogens (tertiary/aromatic N) is 3. The van der Waals surface area contributed by atoms with Gasteiger partial charge in [-0.25, -0.2) is 10.0 Å². The number of hydrogen-bond donors (Lipinski definition) is 1. The fraction of sp³-hybridized carbons (Fsp3) is 0.478. The van der Waals surface area contributed by atoms with Gasteiger partial charge in [-0.15, -0.1) is 0 Å². The van der Waals surface area contributed by atoms with Gasteiger partial charge in [-0.1, -0.05) is 63.2 Å². The lowest BCUT2D eigenvalue weighted by molar-refractivity contribution is -0.119. The minimum absolute atomic E-state index is 0.333. The molecule has 2 unspecified atom stereocenters. The maximum atomic E-state index is 9.58. The van der Waals surface area contributed by atoms with Crippen LogP contribution >= 0.6 is 0 Å². The van der Waals surface area contributed by atoms with E-state index in [1.807, 2.05) is 12.1 Å². The monoisotopic (exact) mass is 367 g/mol. The maximum Gasteiger partial charge on any atom is 0.115 e. The molecule has 1 heterocycles. The van der Waals surface area contributed by atoms with E-state index in [-0.39, 0.29) is 0 Å². The third kappa shape index (κ3) is 4.52. The summed E-state index contributed by atoms with van der Waals surface area (Å²) in [7, 11) is 0. The van der Waals surface area contributed by atoms with Crippen molar-refractivity contribution in [3.05, 3.63) is 65.7 Å². The average Bonchev–Trinajstić information content (AvgIpc) is 2.71. The Morgan fingerprint density at radius 3 is 2.19 bits per heavy atom. The summed E-state index contributed by atoms with van der Waals surface area (Å²) in [5.74, 6) is 0.333. The Morgan fingerprint density at radius 1 is 0.926 bits per heavy atom. The average molecular weight is 368 g/mol. The van der Waals surface area contributed by atoms with E-state index in [0.717, 1.165) is 39.1 Å². The van der Waals surface area contributed by atoms with Crippen LogP contribution in [0.2, 0.25) is 0 Å². The van der Waals surface area contributed by atoms with Gasteiger partial charge in [-0.05, 0) is 29.7 Å². The number of benzene rings is 2. The van der Waals surface area contributed by atoms with Crippen LogP contribution in [0.1, 0.15) is 44.4 Å². The standard InChI is InChI=1S/C23H33N3O/c1-4-22-23(20-10-8-7-9-11-20)26(25(5-2)6-3)17-16-24(22)18-19-12-14-21(27)15-13-19/h7-15,22-23,27H,4-6,16-18H2,1-3H3. The molecule has 0 saturated carbocycles. The lowest BCUT2D eigenvalue weighted by atomic mass is 9.92. The molecule has 4 nitrogen and oxygen atoms in total. The molecule has 0 bridgehead atoms. The van der Waals surface area contributed by atoms with Crippen molar-refractivity contribution < 1.29 is 5.11 Å². The van der Waals surface area contributed by atoms with Crippen molar-refractivity contribution in [1.82, 2.24) is 14.9 Å². The van der Waals surface area contributed by atoms with Crippen LogP contribution in [0, 0.1) is 0 Å². The summed E-state index contributed by atoms with van der Waals surface area (Å²) in [6.07, 6.45) is 1.11. The maximum absolute atomic E-state index is 9.58. The number of phenols is 1. The Bertz CT molecular complexity index is 685. The van der Waals surface area contributed by atoms with Crippen LogP contribution in [0.3, 0.4) is 0 Å². The molecule has 1 saturated heterocycles. The first-order valence-electron chi connectivity index (χ1n) is 10.3. The van der Waals surface area contributed by atoms with Crippen LogP contribution in [0.4, 0.5) is 0 Å². The molecule has 1 N–H and O–H groups in total. The second kappa shape index (κ2) is 9.36. The third-order valence-corrected chi connectivity index (χ3v) is 5.75. The largest absolute Gasteiger partial charge is 0.508 e. The van der Waals surface area contributed by atoms with Gasteiger partial charge >= 0.3 is 0 Å². The molecule has 1 fully saturated rings. The molecule has 0 aromatic heterocycles. The Morgan fingerprint density at radius 2 is 1.59 bits per heavy atom. The summed E-state index contributed by atoms with van der Waals surface area (Å²) >= 11 is 0. The fourth-order valence-electron chi connectivity index (χ4n) is 4.40. The van der Waals surface area contributed by atoms with Crippen LogP contribution in [0.5, 0.6) is 5.75 Å². The summed E-state index contributed by atoms with van der Waals surface area (Å²) in [5.41, 5.74) is 2.65. The van der Waals surface area contributed by atoms with Gasteiger partial charge in [0.25, 0.3) is 0 Å². The number of piperazine rings is 1. The zero-order chi connectivity index (χ0) is 19.2. The van der Waals surface area contributed by atoms with E-state index >= 15 is 0 Å². The highest BCUT2D eigenvalue weighted by atomic mass is 16.3. The van der Waals surface area contributed by atoms with Gasteiger partial charge in [0.1, 0.15) is 5.75 Å². The van der Waals surface area contributed by atoms with Gasteiger partial charge < -0.3 is 5.11 Å². The zero-order valence-corrected chi connectivity index (χ0v) is 16.9. The topological polar surface area (TPSA) is 30.0 Å². The summed E-state index contributed by atoms with van der Waals surface area (Å²) in [6.45, 7) is 11.9. The Labute approximate surface area is 164 Å². The molecule has 2 aromatic rings. The molecule has 27 heavy (non-hydrogen) atoms. The molecule has 1 aliphatic heterocycles. The molecular formula is C23H33N3O. The number of rotatable bonds is 7. The second-order valence-electron chi connectivity index (χ2n) is 7.27. The lowest BCUT2D eigenvalue weighted by Gasteiger charge is -2.51. The number of aromatic hydroxyl groups is 1. The number of hydrogen-bond acceptors (Lipinski definition) is 4. The third-order valence-electron chi connectivity index (χ3n) is 5.75. The van der Waals surface area contributed by atoms with Gasteiger partial charge in [0.2, 0.25) is 0 Å². The molecule has 146 valence electrons. The molecular weight excluding hydrogens is 334 g/mol. The summed E-state index contributed by atoms with van der Waals surface area (Å²) in [6, 6.07) is 19.4. The molecule has 0 amide bonds. The molecule has 3 rings (SSSR count). The van der Waals surface area contributed by atoms with E-state index in [1.54, 1.807) is 12.1 Å². The van der Waals surface area contributed by atoms with Crippen molar-refractivity contribution in [3.8, 4) is 5.75 Å². The van der Waals surface area contributed by atoms with Gasteiger partial charge in [0.05, 0.1) is 6.04 Å². The number of hydrazine groups is 1. The van der Waals surface area contributed by atoms with Crippen molar-refractivity contribution >= 4 is 0 Å².